The molecule has 0 aliphatic rings. The Labute approximate surface area is 94.0 Å². The number of amides is 1. The monoisotopic (exact) mass is 224 g/mol. The van der Waals surface area contributed by atoms with Crippen LogP contribution >= 0.6 is 0 Å². The maximum atomic E-state index is 11.0. The van der Waals surface area contributed by atoms with Crippen LogP contribution in [0.1, 0.15) is 35.2 Å². The number of carbonyl (C=O) groups is 1. The Morgan fingerprint density at radius 3 is 2.62 bits per heavy atom. The van der Waals surface area contributed by atoms with E-state index >= 15 is 0 Å². The molecule has 0 aliphatic heterocycles. The lowest BCUT2D eigenvalue weighted by atomic mass is 10.2. The molecule has 0 atom stereocenters. The maximum Gasteiger partial charge on any atom is 0.254 e. The van der Waals surface area contributed by atoms with Crippen LogP contribution in [0.2, 0.25) is 0 Å². The molecule has 1 heterocycles. The van der Waals surface area contributed by atoms with Gasteiger partial charge in [0.25, 0.3) is 5.91 Å². The van der Waals surface area contributed by atoms with Crippen LogP contribution in [0.15, 0.2) is 0 Å². The summed E-state index contributed by atoms with van der Waals surface area (Å²) in [4.78, 5) is 19.1. The molecule has 0 fully saturated rings. The molecule has 0 unspecified atom stereocenters. The van der Waals surface area contributed by atoms with E-state index in [-0.39, 0.29) is 18.0 Å². The Balaban J connectivity index is 2.87. The number of carbonyl (C=O) groups excluding carboxylic acids is 1. The fraction of sp³-hybridized carbons (Fsp3) is 0.500. The fourth-order valence-electron chi connectivity index (χ4n) is 1.33. The number of hydrogen-bond acceptors (Lipinski definition) is 5. The van der Waals surface area contributed by atoms with Gasteiger partial charge in [-0.1, -0.05) is 6.92 Å². The van der Waals surface area contributed by atoms with Gasteiger partial charge in [0.15, 0.2) is 5.82 Å². The molecule has 88 valence electrons. The maximum absolute atomic E-state index is 11.0. The van der Waals surface area contributed by atoms with Crippen LogP contribution in [0, 0.1) is 6.92 Å². The fourth-order valence-corrected chi connectivity index (χ4v) is 1.33. The summed E-state index contributed by atoms with van der Waals surface area (Å²) in [6.45, 7) is 4.61. The molecule has 16 heavy (non-hydrogen) atoms. The molecule has 0 radical (unpaired) electrons. The summed E-state index contributed by atoms with van der Waals surface area (Å²) < 4.78 is 5.28. The summed E-state index contributed by atoms with van der Waals surface area (Å²) in [5.74, 6) is -0.0421. The van der Waals surface area contributed by atoms with Gasteiger partial charge in [-0.05, 0) is 13.3 Å². The second-order valence-electron chi connectivity index (χ2n) is 3.40. The predicted octanol–water partition coefficient (Wildman–Crippen LogP) is 0.393. The molecule has 1 aromatic rings. The summed E-state index contributed by atoms with van der Waals surface area (Å²) in [6, 6.07) is 0. The highest BCUT2D eigenvalue weighted by Crippen LogP contribution is 2.12. The van der Waals surface area contributed by atoms with E-state index in [1.165, 1.54) is 0 Å². The highest BCUT2D eigenvalue weighted by molar-refractivity contribution is 5.98. The number of ether oxygens (including phenoxy) is 1. The summed E-state index contributed by atoms with van der Waals surface area (Å²) in [6.07, 6.45) is 0.924. The zero-order chi connectivity index (χ0) is 12.1. The normalized spacial score (nSPS) is 10.4. The molecule has 1 amide bonds. The smallest absolute Gasteiger partial charge is 0.254 e. The first-order valence-electron chi connectivity index (χ1n) is 5.06. The number of nitrogens with zero attached hydrogens (tertiary/aromatic N) is 2. The van der Waals surface area contributed by atoms with E-state index in [0.29, 0.717) is 18.1 Å². The van der Waals surface area contributed by atoms with Crippen molar-refractivity contribution in [1.29, 1.82) is 0 Å². The molecule has 1 rings (SSSR count). The van der Waals surface area contributed by atoms with Gasteiger partial charge in [0.1, 0.15) is 18.0 Å². The van der Waals surface area contributed by atoms with Gasteiger partial charge in [-0.15, -0.1) is 0 Å². The number of primary amides is 1. The number of rotatable bonds is 5. The van der Waals surface area contributed by atoms with Gasteiger partial charge in [0.05, 0.1) is 5.69 Å². The van der Waals surface area contributed by atoms with Crippen LogP contribution < -0.4 is 11.5 Å². The van der Waals surface area contributed by atoms with Crippen molar-refractivity contribution in [2.75, 3.05) is 12.3 Å². The topological polar surface area (TPSA) is 104 Å². The predicted molar refractivity (Wildman–Crippen MR) is 59.6 cm³/mol. The van der Waals surface area contributed by atoms with Gasteiger partial charge >= 0.3 is 0 Å². The zero-order valence-electron chi connectivity index (χ0n) is 9.49. The largest absolute Gasteiger partial charge is 0.383 e. The van der Waals surface area contributed by atoms with Gasteiger partial charge < -0.3 is 16.2 Å². The van der Waals surface area contributed by atoms with Gasteiger partial charge in [0.2, 0.25) is 0 Å². The Bertz CT molecular complexity index is 369. The van der Waals surface area contributed by atoms with Crippen molar-refractivity contribution in [3.8, 4) is 0 Å². The SMILES string of the molecule is CCCOCc1nc(C)c(C(N)=O)c(N)n1. The lowest BCUT2D eigenvalue weighted by Gasteiger charge is -2.07. The third-order valence-corrected chi connectivity index (χ3v) is 1.99. The van der Waals surface area contributed by atoms with E-state index in [1.807, 2.05) is 6.92 Å². The van der Waals surface area contributed by atoms with Gasteiger partial charge in [-0.3, -0.25) is 4.79 Å². The van der Waals surface area contributed by atoms with Crippen LogP contribution in [-0.4, -0.2) is 22.5 Å². The first-order valence-corrected chi connectivity index (χ1v) is 5.06. The highest BCUT2D eigenvalue weighted by Gasteiger charge is 2.13. The van der Waals surface area contributed by atoms with Crippen LogP contribution in [0.3, 0.4) is 0 Å². The second-order valence-corrected chi connectivity index (χ2v) is 3.40. The second kappa shape index (κ2) is 5.41. The first kappa shape index (κ1) is 12.4. The minimum Gasteiger partial charge on any atom is -0.383 e. The molecule has 4 N–H and O–H groups in total. The molecule has 6 heteroatoms. The number of hydrogen-bond donors (Lipinski definition) is 2. The van der Waals surface area contributed by atoms with Gasteiger partial charge in [-0.25, -0.2) is 9.97 Å². The molecule has 0 bridgehead atoms. The molecule has 6 nitrogen and oxygen atoms in total. The molecule has 0 saturated carbocycles. The van der Waals surface area contributed by atoms with Crippen LogP contribution in [0.5, 0.6) is 0 Å². The van der Waals surface area contributed by atoms with Gasteiger partial charge in [0, 0.05) is 6.61 Å². The molecule has 0 aromatic carbocycles. The van der Waals surface area contributed by atoms with Crippen molar-refractivity contribution < 1.29 is 9.53 Å². The number of aromatic nitrogens is 2. The first-order chi connectivity index (χ1) is 7.56. The van der Waals surface area contributed by atoms with E-state index in [4.69, 9.17) is 16.2 Å². The summed E-state index contributed by atoms with van der Waals surface area (Å²) in [7, 11) is 0. The number of anilines is 1. The lowest BCUT2D eigenvalue weighted by Crippen LogP contribution is -2.18. The van der Waals surface area contributed by atoms with E-state index in [1.54, 1.807) is 6.92 Å². The van der Waals surface area contributed by atoms with Crippen molar-refractivity contribution >= 4 is 11.7 Å². The quantitative estimate of drug-likeness (QED) is 0.704. The van der Waals surface area contributed by atoms with Crippen LogP contribution in [0.25, 0.3) is 0 Å². The van der Waals surface area contributed by atoms with Crippen LogP contribution in [0.4, 0.5) is 5.82 Å². The third-order valence-electron chi connectivity index (χ3n) is 1.99. The molecule has 0 aliphatic carbocycles. The summed E-state index contributed by atoms with van der Waals surface area (Å²) >= 11 is 0. The summed E-state index contributed by atoms with van der Waals surface area (Å²) in [5, 5.41) is 0. The van der Waals surface area contributed by atoms with Crippen molar-refractivity contribution in [1.82, 2.24) is 9.97 Å². The van der Waals surface area contributed by atoms with E-state index < -0.39 is 5.91 Å². The van der Waals surface area contributed by atoms with E-state index in [2.05, 4.69) is 9.97 Å². The Kier molecular flexibility index (Phi) is 4.19. The molecule has 0 spiro atoms. The highest BCUT2D eigenvalue weighted by atomic mass is 16.5. The Morgan fingerprint density at radius 1 is 1.44 bits per heavy atom. The minimum absolute atomic E-state index is 0.107. The Morgan fingerprint density at radius 2 is 2.12 bits per heavy atom. The lowest BCUT2D eigenvalue weighted by molar-refractivity contribution is 0.0998. The average Bonchev–Trinajstić information content (AvgIpc) is 2.16. The zero-order valence-corrected chi connectivity index (χ0v) is 9.49. The summed E-state index contributed by atoms with van der Waals surface area (Å²) in [5.41, 5.74) is 11.4. The number of nitrogens with two attached hydrogens (primary N) is 2. The van der Waals surface area contributed by atoms with Crippen LogP contribution in [-0.2, 0) is 11.3 Å². The molecule has 1 aromatic heterocycles. The average molecular weight is 224 g/mol. The standard InChI is InChI=1S/C10H16N4O2/c1-3-4-16-5-7-13-6(2)8(10(12)15)9(11)14-7/h3-5H2,1-2H3,(H2,12,15)(H2,11,13,14). The van der Waals surface area contributed by atoms with Gasteiger partial charge in [-0.2, -0.15) is 0 Å². The molecule has 0 saturated heterocycles. The van der Waals surface area contributed by atoms with Crippen molar-refractivity contribution in [2.45, 2.75) is 26.9 Å². The van der Waals surface area contributed by atoms with E-state index in [9.17, 15) is 4.79 Å². The number of aryl methyl sites for hydroxylation is 1. The van der Waals surface area contributed by atoms with Crippen molar-refractivity contribution in [3.63, 3.8) is 0 Å². The Hall–Kier alpha value is -1.69. The van der Waals surface area contributed by atoms with Crippen molar-refractivity contribution in [2.24, 2.45) is 5.73 Å². The number of nitrogen functional groups attached to an aromatic ring is 1. The minimum atomic E-state index is -0.615. The molecular weight excluding hydrogens is 208 g/mol. The van der Waals surface area contributed by atoms with Crippen molar-refractivity contribution in [3.05, 3.63) is 17.1 Å². The van der Waals surface area contributed by atoms with E-state index in [0.717, 1.165) is 6.42 Å². The third kappa shape index (κ3) is 2.90. The molecular formula is C10H16N4O2.